The highest BCUT2D eigenvalue weighted by molar-refractivity contribution is 5.82. The van der Waals surface area contributed by atoms with Gasteiger partial charge in [0, 0.05) is 13.0 Å². The fraction of sp³-hybridized carbons (Fsp3) is 0.464. The van der Waals surface area contributed by atoms with Crippen molar-refractivity contribution in [1.29, 1.82) is 0 Å². The van der Waals surface area contributed by atoms with Crippen LogP contribution in [0.1, 0.15) is 45.6 Å². The number of hydrogen-bond acceptors (Lipinski definition) is 6. The van der Waals surface area contributed by atoms with Gasteiger partial charge in [0.25, 0.3) is 0 Å². The van der Waals surface area contributed by atoms with Crippen LogP contribution in [0.25, 0.3) is 0 Å². The van der Waals surface area contributed by atoms with Gasteiger partial charge >= 0.3 is 12.1 Å². The van der Waals surface area contributed by atoms with E-state index in [1.165, 1.54) is 24.3 Å². The van der Waals surface area contributed by atoms with E-state index in [0.29, 0.717) is 18.7 Å². The number of nitrogens with zero attached hydrogens (tertiary/aromatic N) is 2. The van der Waals surface area contributed by atoms with Crippen molar-refractivity contribution in [1.82, 2.24) is 9.80 Å². The highest BCUT2D eigenvalue weighted by Crippen LogP contribution is 2.35. The number of amides is 2. The van der Waals surface area contributed by atoms with Crippen LogP contribution in [-0.2, 0) is 25.7 Å². The molecule has 0 aliphatic carbocycles. The minimum absolute atomic E-state index is 0.000144. The van der Waals surface area contributed by atoms with E-state index in [9.17, 15) is 18.8 Å². The highest BCUT2D eigenvalue weighted by atomic mass is 19.1. The van der Waals surface area contributed by atoms with Crippen LogP contribution in [0.15, 0.2) is 54.6 Å². The highest BCUT2D eigenvalue weighted by Gasteiger charge is 2.53. The summed E-state index contributed by atoms with van der Waals surface area (Å²) in [6, 6.07) is 14.3. The molecule has 2 aromatic rings. The Labute approximate surface area is 216 Å². The minimum atomic E-state index is -0.626. The first-order valence-corrected chi connectivity index (χ1v) is 12.5. The number of fused-ring (bicyclic) bond motifs is 1. The maximum atomic E-state index is 13.4. The smallest absolute Gasteiger partial charge is 0.410 e. The molecule has 4 rings (SSSR count). The Morgan fingerprint density at radius 2 is 1.68 bits per heavy atom. The molecule has 9 heteroatoms. The number of likely N-dealkylation sites (tertiary alicyclic amines) is 2. The zero-order valence-corrected chi connectivity index (χ0v) is 21.4. The third kappa shape index (κ3) is 6.78. The lowest BCUT2D eigenvalue weighted by atomic mass is 10.1. The zero-order valence-electron chi connectivity index (χ0n) is 21.4. The summed E-state index contributed by atoms with van der Waals surface area (Å²) in [5.41, 5.74) is 0.245. The Bertz CT molecular complexity index is 1100. The Kier molecular flexibility index (Phi) is 8.00. The molecule has 0 radical (unpaired) electrons. The van der Waals surface area contributed by atoms with Crippen molar-refractivity contribution in [2.24, 2.45) is 0 Å². The Balaban J connectivity index is 1.46. The predicted molar refractivity (Wildman–Crippen MR) is 133 cm³/mol. The van der Waals surface area contributed by atoms with E-state index >= 15 is 0 Å². The molecule has 2 aliphatic heterocycles. The number of hydrogen-bond donors (Lipinski definition) is 0. The third-order valence-electron chi connectivity index (χ3n) is 6.40. The maximum absolute atomic E-state index is 13.4. The molecule has 2 fully saturated rings. The summed E-state index contributed by atoms with van der Waals surface area (Å²) in [6.45, 7) is 6.11. The molecule has 198 valence electrons. The molecule has 0 saturated carbocycles. The third-order valence-corrected chi connectivity index (χ3v) is 6.40. The number of esters is 1. The molecule has 8 nitrogen and oxygen atoms in total. The van der Waals surface area contributed by atoms with Crippen LogP contribution in [0, 0.1) is 5.82 Å². The lowest BCUT2D eigenvalue weighted by Gasteiger charge is -2.28. The van der Waals surface area contributed by atoms with Gasteiger partial charge in [0.15, 0.2) is 0 Å². The van der Waals surface area contributed by atoms with Gasteiger partial charge in [0.05, 0.1) is 25.0 Å². The van der Waals surface area contributed by atoms with Gasteiger partial charge in [0.2, 0.25) is 5.91 Å². The number of ether oxygens (including phenoxy) is 3. The van der Waals surface area contributed by atoms with Gasteiger partial charge in [-0.15, -0.1) is 0 Å². The van der Waals surface area contributed by atoms with Gasteiger partial charge in [-0.3, -0.25) is 14.5 Å². The first-order valence-electron chi connectivity index (χ1n) is 12.5. The van der Waals surface area contributed by atoms with Gasteiger partial charge in [-0.05, 0) is 57.0 Å². The summed E-state index contributed by atoms with van der Waals surface area (Å²) in [4.78, 5) is 41.7. The molecule has 0 spiro atoms. The van der Waals surface area contributed by atoms with E-state index in [2.05, 4.69) is 0 Å². The van der Waals surface area contributed by atoms with Crippen molar-refractivity contribution in [3.63, 3.8) is 0 Å². The van der Waals surface area contributed by atoms with Crippen LogP contribution in [0.4, 0.5) is 9.18 Å². The van der Waals surface area contributed by atoms with Gasteiger partial charge < -0.3 is 19.1 Å². The summed E-state index contributed by atoms with van der Waals surface area (Å²) in [7, 11) is 0. The van der Waals surface area contributed by atoms with Crippen molar-refractivity contribution in [2.75, 3.05) is 13.1 Å². The second-order valence-electron chi connectivity index (χ2n) is 10.3. The lowest BCUT2D eigenvalue weighted by Crippen LogP contribution is -2.46. The number of benzene rings is 2. The fourth-order valence-corrected chi connectivity index (χ4v) is 4.87. The average molecular weight is 513 g/mol. The minimum Gasteiger partial charge on any atom is -0.486 e. The van der Waals surface area contributed by atoms with Crippen molar-refractivity contribution in [2.45, 2.75) is 70.4 Å². The first-order chi connectivity index (χ1) is 17.6. The molecule has 0 N–H and O–H groups in total. The Morgan fingerprint density at radius 3 is 2.35 bits per heavy atom. The van der Waals surface area contributed by atoms with Crippen molar-refractivity contribution < 1.29 is 33.0 Å². The molecule has 2 aromatic carbocycles. The second kappa shape index (κ2) is 11.2. The second-order valence-corrected chi connectivity index (χ2v) is 10.3. The molecule has 2 saturated heterocycles. The number of rotatable bonds is 7. The molecular formula is C28H33FN2O6. The Morgan fingerprint density at radius 1 is 0.973 bits per heavy atom. The van der Waals surface area contributed by atoms with Crippen molar-refractivity contribution >= 4 is 18.0 Å². The van der Waals surface area contributed by atoms with Crippen molar-refractivity contribution in [3.05, 3.63) is 66.0 Å². The van der Waals surface area contributed by atoms with E-state index in [1.807, 2.05) is 30.3 Å². The molecule has 0 bridgehead atoms. The van der Waals surface area contributed by atoms with Gasteiger partial charge in [-0.25, -0.2) is 9.18 Å². The largest absolute Gasteiger partial charge is 0.486 e. The zero-order chi connectivity index (χ0) is 26.6. The molecular weight excluding hydrogens is 479 g/mol. The van der Waals surface area contributed by atoms with Crippen LogP contribution in [-0.4, -0.2) is 64.6 Å². The summed E-state index contributed by atoms with van der Waals surface area (Å²) in [6.07, 6.45) is -0.484. The standard InChI is InChI=1S/C28H33FN2O6/c1-28(2,3)37-25(33)14-13-24(32)31-17-23(36-21-11-9-20(29)10-12-21)26-22(31)15-16-30(26)27(34)35-18-19-7-5-4-6-8-19/h4-12,22-23,26H,13-18H2,1-3H3/t22-,23+,26+/m1/s1. The average Bonchev–Trinajstić information content (AvgIpc) is 3.43. The molecule has 0 aromatic heterocycles. The van der Waals surface area contributed by atoms with Crippen LogP contribution in [0.3, 0.4) is 0 Å². The van der Waals surface area contributed by atoms with Gasteiger partial charge in [-0.1, -0.05) is 30.3 Å². The number of carbonyl (C=O) groups is 3. The Hall–Kier alpha value is -3.62. The maximum Gasteiger partial charge on any atom is 0.410 e. The molecule has 0 unspecified atom stereocenters. The topological polar surface area (TPSA) is 85.4 Å². The first kappa shape index (κ1) is 26.4. The summed E-state index contributed by atoms with van der Waals surface area (Å²) in [5, 5.41) is 0. The molecule has 37 heavy (non-hydrogen) atoms. The van der Waals surface area contributed by atoms with Crippen LogP contribution < -0.4 is 4.74 Å². The molecule has 3 atom stereocenters. The van der Waals surface area contributed by atoms with E-state index in [4.69, 9.17) is 14.2 Å². The number of halogens is 1. The molecule has 2 amide bonds. The van der Waals surface area contributed by atoms with Crippen LogP contribution in [0.5, 0.6) is 5.75 Å². The fourth-order valence-electron chi connectivity index (χ4n) is 4.87. The van der Waals surface area contributed by atoms with E-state index in [0.717, 1.165) is 5.56 Å². The predicted octanol–water partition coefficient (Wildman–Crippen LogP) is 4.32. The van der Waals surface area contributed by atoms with E-state index < -0.39 is 29.8 Å². The SMILES string of the molecule is CC(C)(C)OC(=O)CCC(=O)N1C[C@H](Oc2ccc(F)cc2)[C@@H]2[C@H]1CCN2C(=O)OCc1ccccc1. The monoisotopic (exact) mass is 512 g/mol. The van der Waals surface area contributed by atoms with Crippen LogP contribution >= 0.6 is 0 Å². The molecule has 2 heterocycles. The number of carbonyl (C=O) groups excluding carboxylic acids is 3. The van der Waals surface area contributed by atoms with Gasteiger partial charge in [-0.2, -0.15) is 0 Å². The summed E-state index contributed by atoms with van der Waals surface area (Å²) in [5.74, 6) is -0.584. The van der Waals surface area contributed by atoms with Gasteiger partial charge in [0.1, 0.15) is 29.9 Å². The normalized spacial score (nSPS) is 20.9. The van der Waals surface area contributed by atoms with E-state index in [1.54, 1.807) is 30.6 Å². The molecule has 2 aliphatic rings. The lowest BCUT2D eigenvalue weighted by molar-refractivity contribution is -0.156. The quantitative estimate of drug-likeness (QED) is 0.514. The van der Waals surface area contributed by atoms with Crippen molar-refractivity contribution in [3.8, 4) is 5.75 Å². The summed E-state index contributed by atoms with van der Waals surface area (Å²) >= 11 is 0. The summed E-state index contributed by atoms with van der Waals surface area (Å²) < 4.78 is 30.5. The van der Waals surface area contributed by atoms with E-state index in [-0.39, 0.29) is 43.8 Å². The van der Waals surface area contributed by atoms with Crippen LogP contribution in [0.2, 0.25) is 0 Å².